The van der Waals surface area contributed by atoms with Gasteiger partial charge in [-0.3, -0.25) is 0 Å². The van der Waals surface area contributed by atoms with E-state index in [1.165, 1.54) is 93.8 Å². The zero-order valence-electron chi connectivity index (χ0n) is 26.2. The molecule has 1 heterocycles. The van der Waals surface area contributed by atoms with Gasteiger partial charge in [-0.25, -0.2) is 0 Å². The van der Waals surface area contributed by atoms with Crippen molar-refractivity contribution in [1.82, 2.24) is 4.57 Å². The first-order valence-corrected chi connectivity index (χ1v) is 15.7. The maximum absolute atomic E-state index is 2.37. The zero-order chi connectivity index (χ0) is 30.7. The lowest BCUT2D eigenvalue weighted by Crippen LogP contribution is -1.93. The maximum atomic E-state index is 2.37. The van der Waals surface area contributed by atoms with Crippen LogP contribution in [0.15, 0.2) is 140 Å². The van der Waals surface area contributed by atoms with Crippen LogP contribution < -0.4 is 0 Å². The van der Waals surface area contributed by atoms with Gasteiger partial charge in [-0.15, -0.1) is 0 Å². The van der Waals surface area contributed by atoms with E-state index < -0.39 is 0 Å². The Morgan fingerprint density at radius 3 is 1.33 bits per heavy atom. The van der Waals surface area contributed by atoms with E-state index in [0.717, 1.165) is 0 Å². The summed E-state index contributed by atoms with van der Waals surface area (Å²) in [5.74, 6) is 0. The molecule has 0 spiro atoms. The number of aromatic nitrogens is 1. The van der Waals surface area contributed by atoms with E-state index in [2.05, 4.69) is 172 Å². The van der Waals surface area contributed by atoms with E-state index in [4.69, 9.17) is 0 Å². The van der Waals surface area contributed by atoms with Crippen molar-refractivity contribution in [2.45, 2.75) is 20.8 Å². The van der Waals surface area contributed by atoms with Gasteiger partial charge in [-0.2, -0.15) is 0 Å². The van der Waals surface area contributed by atoms with Gasteiger partial charge in [0.1, 0.15) is 0 Å². The van der Waals surface area contributed by atoms with Crippen molar-refractivity contribution in [2.75, 3.05) is 0 Å². The van der Waals surface area contributed by atoms with E-state index in [0.29, 0.717) is 0 Å². The highest BCUT2D eigenvalue weighted by Gasteiger charge is 2.19. The number of nitrogens with zero attached hydrogens (tertiary/aromatic N) is 1. The second kappa shape index (κ2) is 10.6. The highest BCUT2D eigenvalue weighted by molar-refractivity contribution is 6.06. The van der Waals surface area contributed by atoms with Crippen LogP contribution in [0.2, 0.25) is 0 Å². The molecule has 0 radical (unpaired) electrons. The van der Waals surface area contributed by atoms with E-state index in [-0.39, 0.29) is 0 Å². The summed E-state index contributed by atoms with van der Waals surface area (Å²) in [4.78, 5) is 0. The Morgan fingerprint density at radius 2 is 0.778 bits per heavy atom. The minimum atomic E-state index is 1.23. The first-order chi connectivity index (χ1) is 21.9. The van der Waals surface area contributed by atoms with Crippen molar-refractivity contribution in [3.8, 4) is 44.6 Å². The zero-order valence-corrected chi connectivity index (χ0v) is 26.2. The first kappa shape index (κ1) is 27.2. The average molecular weight is 578 g/mol. The van der Waals surface area contributed by atoms with Gasteiger partial charge in [0.05, 0.1) is 5.69 Å². The molecule has 1 nitrogen and oxygen atoms in total. The van der Waals surface area contributed by atoms with Gasteiger partial charge in [0, 0.05) is 23.5 Å². The first-order valence-electron chi connectivity index (χ1n) is 15.7. The Hall–Kier alpha value is -5.40. The quantitative estimate of drug-likeness (QED) is 0.183. The lowest BCUT2D eigenvalue weighted by atomic mass is 9.94. The topological polar surface area (TPSA) is 4.93 Å². The molecule has 0 atom stereocenters. The fourth-order valence-electron chi connectivity index (χ4n) is 6.78. The van der Waals surface area contributed by atoms with Crippen molar-refractivity contribution in [3.63, 3.8) is 0 Å². The van der Waals surface area contributed by atoms with Crippen LogP contribution in [0.4, 0.5) is 0 Å². The highest BCUT2D eigenvalue weighted by atomic mass is 15.0. The number of fused-ring (bicyclic) bond motifs is 3. The number of aryl methyl sites for hydroxylation is 4. The summed E-state index contributed by atoms with van der Waals surface area (Å²) >= 11 is 0. The maximum Gasteiger partial charge on any atom is 0.0568 e. The SMILES string of the molecule is Cc1ccc(-c2ccc3cc4cc(-c5ccc6c(-c7ccc(C)cc7)c(-c7ccc(C)cc7)n(C)c6c5)ccc4cc3c2)cc1. The van der Waals surface area contributed by atoms with Gasteiger partial charge in [0.15, 0.2) is 0 Å². The molecule has 8 rings (SSSR count). The van der Waals surface area contributed by atoms with Crippen LogP contribution in [0.3, 0.4) is 0 Å². The lowest BCUT2D eigenvalue weighted by Gasteiger charge is -2.10. The predicted molar refractivity (Wildman–Crippen MR) is 194 cm³/mol. The standard InChI is InChI=1S/C44H35N/c1-28-5-11-31(12-6-28)34-17-19-36-26-40-24-35(18-20-37(40)25-39(36)23-34)38-21-22-41-42(27-38)45(4)44(33-15-9-30(3)10-16-33)43(41)32-13-7-29(2)8-14-32/h5-27H,1-4H3. The molecule has 0 bridgehead atoms. The van der Waals surface area contributed by atoms with Crippen LogP contribution in [0.1, 0.15) is 16.7 Å². The third-order valence-corrected chi connectivity index (χ3v) is 9.38. The normalized spacial score (nSPS) is 11.6. The van der Waals surface area contributed by atoms with Gasteiger partial charge >= 0.3 is 0 Å². The molecule has 1 aromatic heterocycles. The number of hydrogen-bond acceptors (Lipinski definition) is 0. The monoisotopic (exact) mass is 577 g/mol. The van der Waals surface area contributed by atoms with Crippen LogP contribution in [0.5, 0.6) is 0 Å². The summed E-state index contributed by atoms with van der Waals surface area (Å²) in [5.41, 5.74) is 15.1. The molecule has 0 saturated heterocycles. The number of hydrogen-bond donors (Lipinski definition) is 0. The van der Waals surface area contributed by atoms with Crippen molar-refractivity contribution < 1.29 is 0 Å². The fourth-order valence-corrected chi connectivity index (χ4v) is 6.78. The van der Waals surface area contributed by atoms with Crippen LogP contribution in [-0.4, -0.2) is 4.57 Å². The number of rotatable bonds is 4. The molecule has 0 fully saturated rings. The minimum absolute atomic E-state index is 1.23. The largest absolute Gasteiger partial charge is 0.343 e. The van der Waals surface area contributed by atoms with E-state index in [1.807, 2.05) is 0 Å². The molecule has 0 saturated carbocycles. The fraction of sp³-hybridized carbons (Fsp3) is 0.0909. The number of benzene rings is 7. The van der Waals surface area contributed by atoms with E-state index in [1.54, 1.807) is 0 Å². The molecule has 0 aliphatic rings. The summed E-state index contributed by atoms with van der Waals surface area (Å²) in [7, 11) is 2.20. The van der Waals surface area contributed by atoms with Crippen molar-refractivity contribution in [3.05, 3.63) is 156 Å². The molecule has 1 heteroatoms. The molecule has 8 aromatic rings. The van der Waals surface area contributed by atoms with Gasteiger partial charge < -0.3 is 4.57 Å². The van der Waals surface area contributed by atoms with Crippen LogP contribution in [-0.2, 0) is 7.05 Å². The van der Waals surface area contributed by atoms with Gasteiger partial charge in [-0.1, -0.05) is 126 Å². The Labute approximate surface area is 265 Å². The molecule has 45 heavy (non-hydrogen) atoms. The highest BCUT2D eigenvalue weighted by Crippen LogP contribution is 2.42. The summed E-state index contributed by atoms with van der Waals surface area (Å²) in [6.45, 7) is 6.43. The molecule has 0 amide bonds. The molecule has 7 aromatic carbocycles. The molecule has 0 aliphatic heterocycles. The van der Waals surface area contributed by atoms with E-state index in [9.17, 15) is 0 Å². The minimum Gasteiger partial charge on any atom is -0.343 e. The van der Waals surface area contributed by atoms with Crippen LogP contribution in [0, 0.1) is 20.8 Å². The van der Waals surface area contributed by atoms with Gasteiger partial charge in [0.2, 0.25) is 0 Å². The van der Waals surface area contributed by atoms with Crippen molar-refractivity contribution >= 4 is 32.4 Å². The van der Waals surface area contributed by atoms with Crippen LogP contribution >= 0.6 is 0 Å². The van der Waals surface area contributed by atoms with Crippen LogP contribution in [0.25, 0.3) is 77.1 Å². The van der Waals surface area contributed by atoms with E-state index >= 15 is 0 Å². The van der Waals surface area contributed by atoms with Gasteiger partial charge in [-0.05, 0) is 106 Å². The van der Waals surface area contributed by atoms with Crippen molar-refractivity contribution in [1.29, 1.82) is 0 Å². The second-order valence-corrected chi connectivity index (χ2v) is 12.6. The second-order valence-electron chi connectivity index (χ2n) is 12.6. The summed E-state index contributed by atoms with van der Waals surface area (Å²) in [6, 6.07) is 51.9. The van der Waals surface area contributed by atoms with Gasteiger partial charge in [0.25, 0.3) is 0 Å². The third kappa shape index (κ3) is 4.82. The predicted octanol–water partition coefficient (Wildman–Crippen LogP) is 12.1. The molecule has 0 aliphatic carbocycles. The molecular weight excluding hydrogens is 542 g/mol. The molecule has 0 unspecified atom stereocenters. The van der Waals surface area contributed by atoms with Crippen molar-refractivity contribution in [2.24, 2.45) is 7.05 Å². The Bertz CT molecular complexity index is 2370. The third-order valence-electron chi connectivity index (χ3n) is 9.38. The summed E-state index contributed by atoms with van der Waals surface area (Å²) < 4.78 is 2.37. The Kier molecular flexibility index (Phi) is 6.43. The average Bonchev–Trinajstić information content (AvgIpc) is 3.35. The molecular formula is C44H35N. The summed E-state index contributed by atoms with van der Waals surface area (Å²) in [6.07, 6.45) is 0. The lowest BCUT2D eigenvalue weighted by molar-refractivity contribution is 0.979. The molecule has 0 N–H and O–H groups in total. The Morgan fingerprint density at radius 1 is 0.356 bits per heavy atom. The summed E-state index contributed by atoms with van der Waals surface area (Å²) in [5, 5.41) is 6.33. The molecule has 216 valence electrons. The smallest absolute Gasteiger partial charge is 0.0568 e. The Balaban J connectivity index is 1.24.